The highest BCUT2D eigenvalue weighted by atomic mass is 32.1. The molecule has 146 valence electrons. The molecule has 1 saturated heterocycles. The van der Waals surface area contributed by atoms with Crippen molar-refractivity contribution in [3.63, 3.8) is 0 Å². The maximum absolute atomic E-state index is 13.0. The predicted molar refractivity (Wildman–Crippen MR) is 110 cm³/mol. The molecule has 0 atom stereocenters. The third-order valence-corrected chi connectivity index (χ3v) is 5.92. The van der Waals surface area contributed by atoms with Gasteiger partial charge in [-0.3, -0.25) is 9.59 Å². The average Bonchev–Trinajstić information content (AvgIpc) is 2.93. The standard InChI is InChI=1S/C20H23N5O2S/c1-23(14-15-9-5-4-6-10-15)18(27)16-13-17(26)21-19-25(16)22-20(28-19)24-11-7-2-3-8-12-24/h4-6,9-10,13H,2-3,7-8,11-12,14H2,1H3. The van der Waals surface area contributed by atoms with Gasteiger partial charge in [0.2, 0.25) is 10.1 Å². The number of hydrogen-bond acceptors (Lipinski definition) is 6. The van der Waals surface area contributed by atoms with Gasteiger partial charge in [-0.05, 0) is 18.4 Å². The second kappa shape index (κ2) is 8.10. The van der Waals surface area contributed by atoms with E-state index < -0.39 is 5.56 Å². The number of benzene rings is 1. The first-order valence-electron chi connectivity index (χ1n) is 9.57. The lowest BCUT2D eigenvalue weighted by molar-refractivity contribution is 0.0776. The van der Waals surface area contributed by atoms with Crippen LogP contribution in [0, 0.1) is 0 Å². The van der Waals surface area contributed by atoms with E-state index in [1.54, 1.807) is 11.9 Å². The third kappa shape index (κ3) is 3.91. The molecule has 28 heavy (non-hydrogen) atoms. The van der Waals surface area contributed by atoms with Crippen LogP contribution in [0.2, 0.25) is 0 Å². The molecule has 3 aromatic rings. The van der Waals surface area contributed by atoms with Crippen LogP contribution in [-0.4, -0.2) is 45.5 Å². The number of aromatic nitrogens is 3. The van der Waals surface area contributed by atoms with Crippen LogP contribution in [0.4, 0.5) is 5.13 Å². The molecule has 0 radical (unpaired) electrons. The van der Waals surface area contributed by atoms with Crippen molar-refractivity contribution >= 4 is 27.3 Å². The summed E-state index contributed by atoms with van der Waals surface area (Å²) in [6.07, 6.45) is 4.72. The van der Waals surface area contributed by atoms with Gasteiger partial charge in [-0.1, -0.05) is 54.5 Å². The molecule has 8 heteroatoms. The zero-order valence-electron chi connectivity index (χ0n) is 15.9. The summed E-state index contributed by atoms with van der Waals surface area (Å²) in [6, 6.07) is 11.0. The van der Waals surface area contributed by atoms with Crippen LogP contribution in [0.5, 0.6) is 0 Å². The molecule has 0 aliphatic carbocycles. The second-order valence-electron chi connectivity index (χ2n) is 7.11. The average molecular weight is 398 g/mol. The topological polar surface area (TPSA) is 70.8 Å². The van der Waals surface area contributed by atoms with Crippen LogP contribution in [0.25, 0.3) is 4.96 Å². The van der Waals surface area contributed by atoms with Gasteiger partial charge in [-0.2, -0.15) is 9.50 Å². The Morgan fingerprint density at radius 1 is 1.14 bits per heavy atom. The summed E-state index contributed by atoms with van der Waals surface area (Å²) in [6.45, 7) is 2.35. The van der Waals surface area contributed by atoms with E-state index in [0.717, 1.165) is 36.6 Å². The minimum atomic E-state index is -0.414. The Morgan fingerprint density at radius 2 is 1.86 bits per heavy atom. The van der Waals surface area contributed by atoms with Gasteiger partial charge in [0.1, 0.15) is 5.69 Å². The molecule has 1 aliphatic rings. The summed E-state index contributed by atoms with van der Waals surface area (Å²) >= 11 is 1.37. The number of carbonyl (C=O) groups excluding carboxylic acids is 1. The summed E-state index contributed by atoms with van der Waals surface area (Å²) in [7, 11) is 1.73. The van der Waals surface area contributed by atoms with E-state index in [1.807, 2.05) is 30.3 Å². The van der Waals surface area contributed by atoms with Gasteiger partial charge in [-0.25, -0.2) is 0 Å². The quantitative estimate of drug-likeness (QED) is 0.677. The highest BCUT2D eigenvalue weighted by molar-refractivity contribution is 7.20. The van der Waals surface area contributed by atoms with Gasteiger partial charge < -0.3 is 9.80 Å². The Balaban J connectivity index is 1.65. The van der Waals surface area contributed by atoms with Crippen LogP contribution in [0.15, 0.2) is 41.2 Å². The molecule has 2 aromatic heterocycles. The smallest absolute Gasteiger partial charge is 0.274 e. The summed E-state index contributed by atoms with van der Waals surface area (Å²) < 4.78 is 1.52. The number of carbonyl (C=O) groups is 1. The summed E-state index contributed by atoms with van der Waals surface area (Å²) in [5, 5.41) is 5.46. The maximum atomic E-state index is 13.0. The van der Waals surface area contributed by atoms with E-state index in [4.69, 9.17) is 0 Å². The number of hydrogen-bond donors (Lipinski definition) is 0. The van der Waals surface area contributed by atoms with Crippen LogP contribution in [0.1, 0.15) is 41.7 Å². The van der Waals surface area contributed by atoms with E-state index in [2.05, 4.69) is 15.0 Å². The molecular weight excluding hydrogens is 374 g/mol. The van der Waals surface area contributed by atoms with Crippen LogP contribution < -0.4 is 10.5 Å². The highest BCUT2D eigenvalue weighted by Crippen LogP contribution is 2.25. The normalized spacial score (nSPS) is 14.8. The Morgan fingerprint density at radius 3 is 2.57 bits per heavy atom. The largest absolute Gasteiger partial charge is 0.347 e. The molecule has 0 saturated carbocycles. The van der Waals surface area contributed by atoms with Gasteiger partial charge in [0, 0.05) is 32.7 Å². The zero-order valence-corrected chi connectivity index (χ0v) is 16.7. The maximum Gasteiger partial charge on any atom is 0.274 e. The molecule has 4 rings (SSSR count). The summed E-state index contributed by atoms with van der Waals surface area (Å²) in [5.41, 5.74) is 0.868. The van der Waals surface area contributed by atoms with Crippen molar-refractivity contribution in [1.82, 2.24) is 19.5 Å². The van der Waals surface area contributed by atoms with Crippen molar-refractivity contribution in [3.8, 4) is 0 Å². The fraction of sp³-hybridized carbons (Fsp3) is 0.400. The van der Waals surface area contributed by atoms with Crippen LogP contribution in [-0.2, 0) is 6.54 Å². The van der Waals surface area contributed by atoms with Crippen molar-refractivity contribution < 1.29 is 4.79 Å². The SMILES string of the molecule is CN(Cc1ccccc1)C(=O)c1cc(=O)nc2sc(N3CCCCCC3)nn12. The molecule has 1 amide bonds. The molecule has 1 aliphatic heterocycles. The minimum Gasteiger partial charge on any atom is -0.347 e. The van der Waals surface area contributed by atoms with E-state index in [1.165, 1.54) is 34.8 Å². The first-order chi connectivity index (χ1) is 13.6. The first kappa shape index (κ1) is 18.6. The first-order valence-corrected chi connectivity index (χ1v) is 10.4. The molecule has 3 heterocycles. The van der Waals surface area contributed by atoms with Crippen molar-refractivity contribution in [1.29, 1.82) is 0 Å². The van der Waals surface area contributed by atoms with Crippen molar-refractivity contribution in [2.24, 2.45) is 0 Å². The molecule has 7 nitrogen and oxygen atoms in total. The van der Waals surface area contributed by atoms with E-state index in [-0.39, 0.29) is 11.6 Å². The Hall–Kier alpha value is -2.74. The van der Waals surface area contributed by atoms with E-state index in [0.29, 0.717) is 11.5 Å². The minimum absolute atomic E-state index is 0.244. The monoisotopic (exact) mass is 397 g/mol. The molecule has 1 fully saturated rings. The molecule has 1 aromatic carbocycles. The molecule has 0 bridgehead atoms. The fourth-order valence-corrected chi connectivity index (χ4v) is 4.43. The lowest BCUT2D eigenvalue weighted by Crippen LogP contribution is -2.30. The zero-order chi connectivity index (χ0) is 19.5. The number of amides is 1. The van der Waals surface area contributed by atoms with Gasteiger partial charge in [-0.15, -0.1) is 5.10 Å². The predicted octanol–water partition coefficient (Wildman–Crippen LogP) is 2.80. The second-order valence-corrected chi connectivity index (χ2v) is 8.04. The van der Waals surface area contributed by atoms with Crippen LogP contribution >= 0.6 is 11.3 Å². The Kier molecular flexibility index (Phi) is 5.38. The van der Waals surface area contributed by atoms with Gasteiger partial charge in [0.15, 0.2) is 0 Å². The molecule has 0 unspecified atom stereocenters. The number of anilines is 1. The number of rotatable bonds is 4. The van der Waals surface area contributed by atoms with E-state index >= 15 is 0 Å². The van der Waals surface area contributed by atoms with Crippen molar-refractivity contribution in [2.75, 3.05) is 25.0 Å². The highest BCUT2D eigenvalue weighted by Gasteiger charge is 2.21. The Bertz CT molecular complexity index is 1020. The lowest BCUT2D eigenvalue weighted by atomic mass is 10.2. The molecular formula is C20H23N5O2S. The summed E-state index contributed by atoms with van der Waals surface area (Å²) in [4.78, 5) is 33.5. The summed E-state index contributed by atoms with van der Waals surface area (Å²) in [5.74, 6) is -0.244. The van der Waals surface area contributed by atoms with Gasteiger partial charge in [0.05, 0.1) is 0 Å². The van der Waals surface area contributed by atoms with Gasteiger partial charge >= 0.3 is 0 Å². The van der Waals surface area contributed by atoms with E-state index in [9.17, 15) is 9.59 Å². The van der Waals surface area contributed by atoms with Crippen molar-refractivity contribution in [2.45, 2.75) is 32.2 Å². The number of fused-ring (bicyclic) bond motifs is 1. The van der Waals surface area contributed by atoms with Crippen LogP contribution in [0.3, 0.4) is 0 Å². The Labute approximate surface area is 167 Å². The molecule has 0 spiro atoms. The molecule has 0 N–H and O–H groups in total. The number of nitrogens with zero attached hydrogens (tertiary/aromatic N) is 5. The third-order valence-electron chi connectivity index (χ3n) is 4.95. The van der Waals surface area contributed by atoms with Crippen molar-refractivity contribution in [3.05, 3.63) is 58.0 Å². The van der Waals surface area contributed by atoms with Gasteiger partial charge in [0.25, 0.3) is 11.5 Å². The lowest BCUT2D eigenvalue weighted by Gasteiger charge is -2.18. The fourth-order valence-electron chi connectivity index (χ4n) is 3.47.